The fraction of sp³-hybridized carbons (Fsp3) is 0.222. The molecule has 3 N–H and O–H groups in total. The summed E-state index contributed by atoms with van der Waals surface area (Å²) in [7, 11) is 0. The van der Waals surface area contributed by atoms with Crippen LogP contribution in [0.4, 0.5) is 13.2 Å². The van der Waals surface area contributed by atoms with Crippen LogP contribution in [-0.4, -0.2) is 5.91 Å². The van der Waals surface area contributed by atoms with Crippen LogP contribution >= 0.6 is 0 Å². The zero-order valence-corrected chi connectivity index (χ0v) is 7.51. The van der Waals surface area contributed by atoms with Crippen molar-refractivity contribution in [3.05, 3.63) is 35.4 Å². The lowest BCUT2D eigenvalue weighted by Crippen LogP contribution is -2.22. The summed E-state index contributed by atoms with van der Waals surface area (Å²) in [6, 6.07) is 2.77. The number of nitrogens with one attached hydrogen (secondary N) is 1. The highest BCUT2D eigenvalue weighted by atomic mass is 19.4. The van der Waals surface area contributed by atoms with E-state index in [1.807, 2.05) is 0 Å². The molecule has 81 valence electrons. The van der Waals surface area contributed by atoms with E-state index in [2.05, 4.69) is 0 Å². The van der Waals surface area contributed by atoms with Crippen molar-refractivity contribution in [1.29, 1.82) is 0 Å². The van der Waals surface area contributed by atoms with E-state index in [9.17, 15) is 18.0 Å². The number of hydrogen-bond donors (Lipinski definition) is 1. The van der Waals surface area contributed by atoms with Crippen LogP contribution in [0.1, 0.15) is 17.2 Å². The Bertz CT molecular complexity index is 376. The standard InChI is InChI=1S/C9H8F3N2O/c10-9(11,12)6-3-1-2-5(4-6)7(13)8(14)15/h1-4,7,14H,13H2. The molecule has 0 saturated heterocycles. The maximum absolute atomic E-state index is 12.3. The van der Waals surface area contributed by atoms with Gasteiger partial charge in [-0.1, -0.05) is 12.1 Å². The second-order valence-electron chi connectivity index (χ2n) is 2.97. The molecule has 1 rings (SSSR count). The van der Waals surface area contributed by atoms with Crippen LogP contribution in [0.2, 0.25) is 0 Å². The number of carbonyl (C=O) groups is 1. The molecule has 0 heterocycles. The first-order valence-corrected chi connectivity index (χ1v) is 4.00. The number of amides is 1. The number of rotatable bonds is 2. The van der Waals surface area contributed by atoms with E-state index in [1.54, 1.807) is 0 Å². The topological polar surface area (TPSA) is 66.9 Å². The van der Waals surface area contributed by atoms with E-state index in [1.165, 1.54) is 6.07 Å². The highest BCUT2D eigenvalue weighted by Gasteiger charge is 2.31. The Morgan fingerprint density at radius 3 is 2.47 bits per heavy atom. The summed E-state index contributed by atoms with van der Waals surface area (Å²) in [5, 5.41) is 0. The number of carbonyl (C=O) groups excluding carboxylic acids is 1. The first-order valence-electron chi connectivity index (χ1n) is 4.00. The minimum Gasteiger partial charge on any atom is -0.316 e. The molecule has 1 amide bonds. The maximum atomic E-state index is 12.3. The lowest BCUT2D eigenvalue weighted by molar-refractivity contribution is -0.137. The SMILES string of the molecule is [NH]C(=O)C(N)c1cccc(C(F)(F)F)c1. The van der Waals surface area contributed by atoms with Crippen molar-refractivity contribution in [3.63, 3.8) is 0 Å². The molecule has 0 aliphatic heterocycles. The Kier molecular flexibility index (Phi) is 2.99. The van der Waals surface area contributed by atoms with Gasteiger partial charge in [0.2, 0.25) is 0 Å². The van der Waals surface area contributed by atoms with Crippen LogP contribution in [0.15, 0.2) is 24.3 Å². The average molecular weight is 217 g/mol. The number of hydrogen-bond acceptors (Lipinski definition) is 2. The van der Waals surface area contributed by atoms with Crippen molar-refractivity contribution in [3.8, 4) is 0 Å². The summed E-state index contributed by atoms with van der Waals surface area (Å²) in [5.41, 5.74) is 11.1. The number of nitrogens with two attached hydrogens (primary N) is 1. The molecule has 1 radical (unpaired) electrons. The highest BCUT2D eigenvalue weighted by Crippen LogP contribution is 2.30. The smallest absolute Gasteiger partial charge is 0.316 e. The zero-order valence-electron chi connectivity index (χ0n) is 7.51. The van der Waals surface area contributed by atoms with Crippen molar-refractivity contribution < 1.29 is 18.0 Å². The van der Waals surface area contributed by atoms with Crippen LogP contribution in [0.25, 0.3) is 0 Å². The quantitative estimate of drug-likeness (QED) is 0.815. The highest BCUT2D eigenvalue weighted by molar-refractivity contribution is 5.80. The third-order valence-electron chi connectivity index (χ3n) is 1.86. The van der Waals surface area contributed by atoms with Gasteiger partial charge in [-0.15, -0.1) is 0 Å². The van der Waals surface area contributed by atoms with Crippen LogP contribution in [0, 0.1) is 0 Å². The lowest BCUT2D eigenvalue weighted by Gasteiger charge is -2.11. The van der Waals surface area contributed by atoms with Gasteiger partial charge in [-0.3, -0.25) is 10.5 Å². The van der Waals surface area contributed by atoms with Crippen LogP contribution in [0.3, 0.4) is 0 Å². The average Bonchev–Trinajstić information content (AvgIpc) is 2.15. The predicted octanol–water partition coefficient (Wildman–Crippen LogP) is 1.51. The van der Waals surface area contributed by atoms with Gasteiger partial charge in [-0.05, 0) is 17.7 Å². The van der Waals surface area contributed by atoms with E-state index in [0.717, 1.165) is 18.2 Å². The second-order valence-corrected chi connectivity index (χ2v) is 2.97. The summed E-state index contributed by atoms with van der Waals surface area (Å²) in [6.07, 6.45) is -4.47. The van der Waals surface area contributed by atoms with E-state index < -0.39 is 23.7 Å². The van der Waals surface area contributed by atoms with E-state index >= 15 is 0 Å². The molecule has 1 unspecified atom stereocenters. The van der Waals surface area contributed by atoms with Gasteiger partial charge in [0.05, 0.1) is 5.56 Å². The fourth-order valence-corrected chi connectivity index (χ4v) is 1.06. The summed E-state index contributed by atoms with van der Waals surface area (Å²) in [5.74, 6) is -1.12. The van der Waals surface area contributed by atoms with Gasteiger partial charge in [-0.2, -0.15) is 13.2 Å². The van der Waals surface area contributed by atoms with Crippen molar-refractivity contribution >= 4 is 5.91 Å². The Balaban J connectivity index is 3.08. The molecule has 0 aliphatic rings. The minimum absolute atomic E-state index is 0.00942. The van der Waals surface area contributed by atoms with Gasteiger partial charge in [0.25, 0.3) is 5.91 Å². The Morgan fingerprint density at radius 2 is 2.00 bits per heavy atom. The van der Waals surface area contributed by atoms with E-state index in [-0.39, 0.29) is 5.56 Å². The van der Waals surface area contributed by atoms with E-state index in [0.29, 0.717) is 0 Å². The molecular formula is C9H8F3N2O. The van der Waals surface area contributed by atoms with Crippen molar-refractivity contribution in [2.45, 2.75) is 12.2 Å². The fourth-order valence-electron chi connectivity index (χ4n) is 1.06. The van der Waals surface area contributed by atoms with Gasteiger partial charge in [0, 0.05) is 0 Å². The molecule has 15 heavy (non-hydrogen) atoms. The molecule has 1 aromatic rings. The molecule has 1 aromatic carbocycles. The largest absolute Gasteiger partial charge is 0.416 e. The molecule has 0 aromatic heterocycles. The molecule has 6 heteroatoms. The molecule has 1 atom stereocenters. The zero-order chi connectivity index (χ0) is 11.6. The molecule has 0 fully saturated rings. The maximum Gasteiger partial charge on any atom is 0.416 e. The first kappa shape index (κ1) is 11.5. The minimum atomic E-state index is -4.47. The van der Waals surface area contributed by atoms with Crippen LogP contribution in [0.5, 0.6) is 0 Å². The Morgan fingerprint density at radius 1 is 1.40 bits per heavy atom. The van der Waals surface area contributed by atoms with E-state index in [4.69, 9.17) is 11.5 Å². The van der Waals surface area contributed by atoms with Gasteiger partial charge in [0.1, 0.15) is 6.04 Å². The van der Waals surface area contributed by atoms with Gasteiger partial charge >= 0.3 is 6.18 Å². The first-order chi connectivity index (χ1) is 6.82. The Hall–Kier alpha value is -1.56. The third-order valence-corrected chi connectivity index (χ3v) is 1.86. The number of alkyl halides is 3. The summed E-state index contributed by atoms with van der Waals surface area (Å²) in [6.45, 7) is 0. The Labute approximate surface area is 83.9 Å². The lowest BCUT2D eigenvalue weighted by atomic mass is 10.0. The monoisotopic (exact) mass is 217 g/mol. The molecule has 0 saturated carbocycles. The molecule has 0 aliphatic carbocycles. The van der Waals surface area contributed by atoms with Crippen LogP contribution < -0.4 is 11.5 Å². The predicted molar refractivity (Wildman–Crippen MR) is 46.5 cm³/mol. The normalized spacial score (nSPS) is 13.6. The molecular weight excluding hydrogens is 209 g/mol. The van der Waals surface area contributed by atoms with Gasteiger partial charge < -0.3 is 5.73 Å². The van der Waals surface area contributed by atoms with Gasteiger partial charge in [-0.25, -0.2) is 0 Å². The van der Waals surface area contributed by atoms with Crippen LogP contribution in [-0.2, 0) is 11.0 Å². The molecule has 3 nitrogen and oxygen atoms in total. The second kappa shape index (κ2) is 3.90. The third kappa shape index (κ3) is 2.69. The molecule has 0 spiro atoms. The number of benzene rings is 1. The van der Waals surface area contributed by atoms with Gasteiger partial charge in [0.15, 0.2) is 0 Å². The summed E-state index contributed by atoms with van der Waals surface area (Å²) < 4.78 is 36.8. The van der Waals surface area contributed by atoms with Crippen molar-refractivity contribution in [2.24, 2.45) is 5.73 Å². The van der Waals surface area contributed by atoms with Crippen molar-refractivity contribution in [2.75, 3.05) is 0 Å². The van der Waals surface area contributed by atoms with Crippen molar-refractivity contribution in [1.82, 2.24) is 5.73 Å². The summed E-state index contributed by atoms with van der Waals surface area (Å²) in [4.78, 5) is 10.6. The summed E-state index contributed by atoms with van der Waals surface area (Å²) >= 11 is 0. The molecule has 0 bridgehead atoms. The number of halogens is 3.